The first-order valence-electron chi connectivity index (χ1n) is 11.4. The molecule has 1 saturated heterocycles. The smallest absolute Gasteiger partial charge is 0.255 e. The number of hydrogen-bond donors (Lipinski definition) is 1. The summed E-state index contributed by atoms with van der Waals surface area (Å²) in [7, 11) is 0. The number of halogens is 1. The standard InChI is InChI=1S/C28H23ClN2O3S2/c1-16-13-15-36-26(16)23-22(25(32)20-8-5-14-35-20)21(17-9-11-19(29)12-10-17)24(27(30)33)31(23)28(34)18-6-3-2-4-7-18/h2-15,21-24H,1H3,(H2,30,33). The van der Waals surface area contributed by atoms with Crippen LogP contribution in [0.1, 0.15) is 48.0 Å². The Morgan fingerprint density at radius 1 is 0.889 bits per heavy atom. The van der Waals surface area contributed by atoms with Crippen LogP contribution in [0.15, 0.2) is 83.6 Å². The summed E-state index contributed by atoms with van der Waals surface area (Å²) in [6, 6.07) is 19.8. The minimum absolute atomic E-state index is 0.114. The van der Waals surface area contributed by atoms with Crippen LogP contribution in [0.4, 0.5) is 0 Å². The highest BCUT2D eigenvalue weighted by atomic mass is 35.5. The van der Waals surface area contributed by atoms with Crippen LogP contribution in [0.5, 0.6) is 0 Å². The van der Waals surface area contributed by atoms with Gasteiger partial charge in [0.2, 0.25) is 5.91 Å². The number of aryl methyl sites for hydroxylation is 1. The van der Waals surface area contributed by atoms with Gasteiger partial charge in [0.05, 0.1) is 16.8 Å². The van der Waals surface area contributed by atoms with Gasteiger partial charge in [-0.05, 0) is 65.2 Å². The normalized spacial score (nSPS) is 21.4. The van der Waals surface area contributed by atoms with Crippen molar-refractivity contribution < 1.29 is 14.4 Å². The molecular formula is C28H23ClN2O3S2. The van der Waals surface area contributed by atoms with E-state index in [0.717, 1.165) is 16.0 Å². The number of ketones is 1. The molecule has 5 nitrogen and oxygen atoms in total. The molecular weight excluding hydrogens is 512 g/mol. The molecule has 0 radical (unpaired) electrons. The van der Waals surface area contributed by atoms with Crippen molar-refractivity contribution in [3.05, 3.63) is 115 Å². The third kappa shape index (κ3) is 4.28. The first-order chi connectivity index (χ1) is 17.4. The third-order valence-electron chi connectivity index (χ3n) is 6.71. The summed E-state index contributed by atoms with van der Waals surface area (Å²) in [5.74, 6) is -2.46. The second-order valence-electron chi connectivity index (χ2n) is 8.78. The summed E-state index contributed by atoms with van der Waals surface area (Å²) in [6.45, 7) is 1.96. The third-order valence-corrected chi connectivity index (χ3v) is 8.93. The summed E-state index contributed by atoms with van der Waals surface area (Å²) in [4.78, 5) is 44.4. The van der Waals surface area contributed by atoms with Crippen molar-refractivity contribution in [2.75, 3.05) is 0 Å². The number of rotatable bonds is 6. The fourth-order valence-corrected chi connectivity index (χ4v) is 7.06. The summed E-state index contributed by atoms with van der Waals surface area (Å²) < 4.78 is 0. The number of benzene rings is 2. The fourth-order valence-electron chi connectivity index (χ4n) is 5.15. The van der Waals surface area contributed by atoms with Gasteiger partial charge in [-0.25, -0.2) is 0 Å². The average molecular weight is 535 g/mol. The molecule has 4 unspecified atom stereocenters. The lowest BCUT2D eigenvalue weighted by atomic mass is 9.78. The van der Waals surface area contributed by atoms with E-state index in [1.165, 1.54) is 22.7 Å². The fraction of sp³-hybridized carbons (Fsp3) is 0.179. The number of nitrogens with zero attached hydrogens (tertiary/aromatic N) is 1. The maximum absolute atomic E-state index is 14.1. The number of nitrogens with two attached hydrogens (primary N) is 1. The van der Waals surface area contributed by atoms with Crippen molar-refractivity contribution >= 4 is 51.9 Å². The summed E-state index contributed by atoms with van der Waals surface area (Å²) >= 11 is 9.00. The second kappa shape index (κ2) is 10.0. The quantitative estimate of drug-likeness (QED) is 0.303. The molecule has 8 heteroatoms. The van der Waals surface area contributed by atoms with E-state index in [9.17, 15) is 14.4 Å². The lowest BCUT2D eigenvalue weighted by Gasteiger charge is -2.30. The zero-order chi connectivity index (χ0) is 25.4. The van der Waals surface area contributed by atoms with Crippen molar-refractivity contribution in [1.29, 1.82) is 0 Å². The van der Waals surface area contributed by atoms with Crippen LogP contribution in [-0.2, 0) is 4.79 Å². The second-order valence-corrected chi connectivity index (χ2v) is 11.1. The molecule has 2 aromatic heterocycles. The first-order valence-corrected chi connectivity index (χ1v) is 13.6. The van der Waals surface area contributed by atoms with Crippen LogP contribution in [0.25, 0.3) is 0 Å². The van der Waals surface area contributed by atoms with Crippen molar-refractivity contribution in [2.45, 2.75) is 24.9 Å². The number of amides is 2. The van der Waals surface area contributed by atoms with Gasteiger partial charge in [-0.3, -0.25) is 14.4 Å². The number of carbonyl (C=O) groups excluding carboxylic acids is 3. The van der Waals surface area contributed by atoms with Gasteiger partial charge in [-0.15, -0.1) is 22.7 Å². The number of Topliss-reactive ketones (excluding diaryl/α,β-unsaturated/α-hetero) is 1. The van der Waals surface area contributed by atoms with Gasteiger partial charge in [0, 0.05) is 21.4 Å². The number of carbonyl (C=O) groups is 3. The Hall–Kier alpha value is -3.26. The van der Waals surface area contributed by atoms with E-state index in [0.29, 0.717) is 15.5 Å². The van der Waals surface area contributed by atoms with E-state index in [1.807, 2.05) is 48.0 Å². The van der Waals surface area contributed by atoms with E-state index in [1.54, 1.807) is 47.4 Å². The number of primary amides is 1. The summed E-state index contributed by atoms with van der Waals surface area (Å²) in [5.41, 5.74) is 8.16. The van der Waals surface area contributed by atoms with E-state index in [4.69, 9.17) is 17.3 Å². The minimum atomic E-state index is -1.03. The van der Waals surface area contributed by atoms with Gasteiger partial charge in [0.1, 0.15) is 6.04 Å². The largest absolute Gasteiger partial charge is 0.368 e. The molecule has 0 aliphatic carbocycles. The average Bonchev–Trinajstić information content (AvgIpc) is 3.63. The highest BCUT2D eigenvalue weighted by molar-refractivity contribution is 7.12. The molecule has 1 aliphatic rings. The number of likely N-dealkylation sites (tertiary alicyclic amines) is 1. The predicted molar refractivity (Wildman–Crippen MR) is 144 cm³/mol. The van der Waals surface area contributed by atoms with Gasteiger partial charge in [0.15, 0.2) is 5.78 Å². The molecule has 5 rings (SSSR count). The molecule has 1 fully saturated rings. The van der Waals surface area contributed by atoms with Crippen LogP contribution in [0, 0.1) is 12.8 Å². The van der Waals surface area contributed by atoms with Gasteiger partial charge in [-0.2, -0.15) is 0 Å². The zero-order valence-corrected chi connectivity index (χ0v) is 21.7. The van der Waals surface area contributed by atoms with Crippen LogP contribution in [-0.4, -0.2) is 28.5 Å². The predicted octanol–water partition coefficient (Wildman–Crippen LogP) is 6.11. The van der Waals surface area contributed by atoms with Gasteiger partial charge < -0.3 is 10.6 Å². The van der Waals surface area contributed by atoms with Gasteiger partial charge in [0.25, 0.3) is 5.91 Å². The van der Waals surface area contributed by atoms with E-state index < -0.39 is 29.8 Å². The maximum atomic E-state index is 14.1. The molecule has 1 aliphatic heterocycles. The lowest BCUT2D eigenvalue weighted by Crippen LogP contribution is -2.46. The Morgan fingerprint density at radius 3 is 2.19 bits per heavy atom. The van der Waals surface area contributed by atoms with Gasteiger partial charge in [-0.1, -0.05) is 48.0 Å². The Morgan fingerprint density at radius 2 is 1.61 bits per heavy atom. The molecule has 2 aromatic carbocycles. The Balaban J connectivity index is 1.77. The number of hydrogen-bond acceptors (Lipinski definition) is 5. The number of thiophene rings is 2. The Bertz CT molecular complexity index is 1400. The van der Waals surface area contributed by atoms with E-state index in [2.05, 4.69) is 0 Å². The van der Waals surface area contributed by atoms with Gasteiger partial charge >= 0.3 is 0 Å². The van der Waals surface area contributed by atoms with E-state index in [-0.39, 0.29) is 11.7 Å². The molecule has 4 atom stereocenters. The monoisotopic (exact) mass is 534 g/mol. The maximum Gasteiger partial charge on any atom is 0.255 e. The van der Waals surface area contributed by atoms with Crippen molar-refractivity contribution in [3.8, 4) is 0 Å². The van der Waals surface area contributed by atoms with Crippen LogP contribution < -0.4 is 5.73 Å². The molecule has 4 aromatic rings. The molecule has 0 saturated carbocycles. The SMILES string of the molecule is Cc1ccsc1C1C(C(=O)c2cccs2)C(c2ccc(Cl)cc2)C(C(N)=O)N1C(=O)c1ccccc1. The lowest BCUT2D eigenvalue weighted by molar-refractivity contribution is -0.122. The van der Waals surface area contributed by atoms with Crippen LogP contribution in [0.2, 0.25) is 5.02 Å². The van der Waals surface area contributed by atoms with Crippen LogP contribution >= 0.6 is 34.3 Å². The topological polar surface area (TPSA) is 80.5 Å². The molecule has 2 N–H and O–H groups in total. The summed E-state index contributed by atoms with van der Waals surface area (Å²) in [6.07, 6.45) is 0. The van der Waals surface area contributed by atoms with Crippen molar-refractivity contribution in [3.63, 3.8) is 0 Å². The molecule has 0 spiro atoms. The van der Waals surface area contributed by atoms with Crippen molar-refractivity contribution in [2.24, 2.45) is 11.7 Å². The van der Waals surface area contributed by atoms with E-state index >= 15 is 0 Å². The molecule has 0 bridgehead atoms. The van der Waals surface area contributed by atoms with Crippen molar-refractivity contribution in [1.82, 2.24) is 4.90 Å². The Kier molecular flexibility index (Phi) is 6.79. The first kappa shape index (κ1) is 24.4. The zero-order valence-electron chi connectivity index (χ0n) is 19.3. The highest BCUT2D eigenvalue weighted by Crippen LogP contribution is 2.53. The van der Waals surface area contributed by atoms with Crippen LogP contribution in [0.3, 0.4) is 0 Å². The molecule has 2 amide bonds. The molecule has 3 heterocycles. The minimum Gasteiger partial charge on any atom is -0.368 e. The summed E-state index contributed by atoms with van der Waals surface area (Å²) in [5, 5.41) is 4.33. The Labute approximate surface area is 222 Å². The molecule has 182 valence electrons. The molecule has 36 heavy (non-hydrogen) atoms. The highest BCUT2D eigenvalue weighted by Gasteiger charge is 2.57.